The number of amides is 1. The average Bonchev–Trinajstić information content (AvgIpc) is 3.50. The molecule has 4 aromatic rings. The van der Waals surface area contributed by atoms with Crippen LogP contribution in [0.5, 0.6) is 5.75 Å². The maximum atomic E-state index is 14.5. The van der Waals surface area contributed by atoms with E-state index in [0.29, 0.717) is 42.9 Å². The van der Waals surface area contributed by atoms with Crippen molar-refractivity contribution in [2.75, 3.05) is 20.3 Å². The second kappa shape index (κ2) is 11.3. The molecule has 0 spiro atoms. The van der Waals surface area contributed by atoms with Gasteiger partial charge in [-0.05, 0) is 63.1 Å². The van der Waals surface area contributed by atoms with Gasteiger partial charge in [0.15, 0.2) is 0 Å². The van der Waals surface area contributed by atoms with Crippen molar-refractivity contribution in [1.82, 2.24) is 14.1 Å². The number of oxazole rings is 1. The van der Waals surface area contributed by atoms with Crippen LogP contribution in [0.2, 0.25) is 0 Å². The van der Waals surface area contributed by atoms with Crippen LogP contribution in [0, 0.1) is 5.82 Å². The number of methoxy groups -OCH3 is 1. The van der Waals surface area contributed by atoms with Crippen LogP contribution in [-0.2, 0) is 26.4 Å². The highest BCUT2D eigenvalue weighted by atomic mass is 19.1. The normalized spacial score (nSPS) is 15.2. The Kier molecular flexibility index (Phi) is 7.78. The number of hydrogen-bond donors (Lipinski definition) is 1. The number of halogens is 1. The number of nitrogens with two attached hydrogens (primary N) is 1. The fourth-order valence-electron chi connectivity index (χ4n) is 5.03. The number of rotatable bonds is 9. The zero-order valence-electron chi connectivity index (χ0n) is 23.0. The highest BCUT2D eigenvalue weighted by Gasteiger charge is 2.34. The summed E-state index contributed by atoms with van der Waals surface area (Å²) in [6, 6.07) is 8.89. The van der Waals surface area contributed by atoms with Crippen LogP contribution in [-0.4, -0.2) is 46.5 Å². The highest BCUT2D eigenvalue weighted by molar-refractivity contribution is 5.85. The largest absolute Gasteiger partial charge is 0.496 e. The summed E-state index contributed by atoms with van der Waals surface area (Å²) >= 11 is 0. The topological polar surface area (TPSA) is 141 Å². The molecular weight excluding hydrogens is 535 g/mol. The molecule has 1 saturated heterocycles. The van der Waals surface area contributed by atoms with Crippen molar-refractivity contribution in [3.8, 4) is 17.2 Å². The van der Waals surface area contributed by atoms with Crippen molar-refractivity contribution >= 4 is 16.8 Å². The lowest BCUT2D eigenvalue weighted by molar-refractivity contribution is -0.125. The molecule has 12 heteroatoms. The minimum absolute atomic E-state index is 0.125. The lowest BCUT2D eigenvalue weighted by atomic mass is 10.0. The quantitative estimate of drug-likeness (QED) is 0.326. The summed E-state index contributed by atoms with van der Waals surface area (Å²) in [4.78, 5) is 44.4. The third-order valence-corrected chi connectivity index (χ3v) is 7.40. The number of fused-ring (bicyclic) bond motifs is 1. The first kappa shape index (κ1) is 28.2. The minimum atomic E-state index is -1.67. The van der Waals surface area contributed by atoms with Gasteiger partial charge in [-0.2, -0.15) is 0 Å². The summed E-state index contributed by atoms with van der Waals surface area (Å²) in [6.07, 6.45) is 3.00. The summed E-state index contributed by atoms with van der Waals surface area (Å²) < 4.78 is 39.6. The van der Waals surface area contributed by atoms with Crippen LogP contribution in [0.4, 0.5) is 4.39 Å². The molecule has 5 rings (SSSR count). The third-order valence-electron chi connectivity index (χ3n) is 7.40. The fourth-order valence-corrected chi connectivity index (χ4v) is 5.03. The average molecular weight is 567 g/mol. The van der Waals surface area contributed by atoms with E-state index >= 15 is 0 Å². The zero-order valence-corrected chi connectivity index (χ0v) is 23.0. The van der Waals surface area contributed by atoms with Crippen LogP contribution in [0.25, 0.3) is 22.4 Å². The number of benzene rings is 2. The Morgan fingerprint density at radius 2 is 1.95 bits per heavy atom. The van der Waals surface area contributed by atoms with Gasteiger partial charge in [-0.1, -0.05) is 0 Å². The molecule has 0 saturated carbocycles. The molecule has 2 aromatic carbocycles. The van der Waals surface area contributed by atoms with Gasteiger partial charge >= 0.3 is 5.69 Å². The number of carbonyl (C=O) groups excluding carboxylic acids is 1. The molecule has 1 aliphatic rings. The van der Waals surface area contributed by atoms with Crippen molar-refractivity contribution < 1.29 is 27.8 Å². The van der Waals surface area contributed by atoms with Crippen molar-refractivity contribution in [2.24, 2.45) is 5.73 Å². The molecule has 0 radical (unpaired) electrons. The van der Waals surface area contributed by atoms with E-state index < -0.39 is 34.6 Å². The first-order chi connectivity index (χ1) is 19.6. The summed E-state index contributed by atoms with van der Waals surface area (Å²) in [6.45, 7) is 3.68. The molecule has 1 fully saturated rings. The smallest absolute Gasteiger partial charge is 0.332 e. The molecule has 2 aromatic heterocycles. The van der Waals surface area contributed by atoms with Crippen LogP contribution >= 0.6 is 0 Å². The van der Waals surface area contributed by atoms with E-state index in [9.17, 15) is 18.8 Å². The van der Waals surface area contributed by atoms with E-state index in [4.69, 9.17) is 24.4 Å². The van der Waals surface area contributed by atoms with Gasteiger partial charge in [-0.25, -0.2) is 18.7 Å². The number of hydrogen-bond acceptors (Lipinski definition) is 8. The number of ether oxygens (including phenoxy) is 3. The second-order valence-electron chi connectivity index (χ2n) is 10.3. The summed E-state index contributed by atoms with van der Waals surface area (Å²) in [5.74, 6) is -0.727. The molecule has 11 nitrogen and oxygen atoms in total. The highest BCUT2D eigenvalue weighted by Crippen LogP contribution is 2.33. The van der Waals surface area contributed by atoms with Crippen molar-refractivity contribution in [3.05, 3.63) is 81.1 Å². The SMILES string of the molecule is COc1ccc(F)cc1[C@H](Cn1c(=O)n(C(C)(C)C(N)=O)c(=O)c2cc(-c3ncco3)ccc21)OC1CCOCC1. The maximum absolute atomic E-state index is 14.5. The molecule has 1 amide bonds. The van der Waals surface area contributed by atoms with Crippen LogP contribution in [0.15, 0.2) is 62.9 Å². The standard InChI is InChI=1S/C29H31FN4O7/c1-29(2,27(31)36)34-26(35)20-14-17(25-32-10-13-40-25)4-6-22(20)33(28(34)37)16-24(41-19-8-11-39-12-9-19)21-15-18(30)5-7-23(21)38-3/h4-7,10,13-15,19,24H,8-9,11-12,16H2,1-3H3,(H2,31,36)/t24-/m0/s1. The molecule has 216 valence electrons. The Labute approximate surface area is 234 Å². The number of primary amides is 1. The molecule has 2 N–H and O–H groups in total. The van der Waals surface area contributed by atoms with E-state index in [1.54, 1.807) is 18.2 Å². The first-order valence-electron chi connectivity index (χ1n) is 13.2. The fraction of sp³-hybridized carbons (Fsp3) is 0.379. The zero-order chi connectivity index (χ0) is 29.3. The van der Waals surface area contributed by atoms with Gasteiger partial charge < -0.3 is 24.4 Å². The van der Waals surface area contributed by atoms with E-state index in [1.807, 2.05) is 0 Å². The van der Waals surface area contributed by atoms with Crippen molar-refractivity contribution in [1.29, 1.82) is 0 Å². The first-order valence-corrected chi connectivity index (χ1v) is 13.2. The summed E-state index contributed by atoms with van der Waals surface area (Å²) in [5.41, 5.74) is 3.67. The number of aromatic nitrogens is 3. The van der Waals surface area contributed by atoms with E-state index in [1.165, 1.54) is 56.2 Å². The Morgan fingerprint density at radius 3 is 2.61 bits per heavy atom. The predicted molar refractivity (Wildman–Crippen MR) is 147 cm³/mol. The Hall–Kier alpha value is -4.29. The van der Waals surface area contributed by atoms with Gasteiger partial charge in [-0.3, -0.25) is 14.2 Å². The molecular formula is C29H31FN4O7. The minimum Gasteiger partial charge on any atom is -0.496 e. The van der Waals surface area contributed by atoms with Crippen LogP contribution < -0.4 is 21.7 Å². The van der Waals surface area contributed by atoms with Gasteiger partial charge in [0.2, 0.25) is 11.8 Å². The van der Waals surface area contributed by atoms with Gasteiger partial charge in [-0.15, -0.1) is 0 Å². The third kappa shape index (κ3) is 5.40. The second-order valence-corrected chi connectivity index (χ2v) is 10.3. The van der Waals surface area contributed by atoms with Gasteiger partial charge in [0.1, 0.15) is 29.5 Å². The molecule has 3 heterocycles. The Bertz CT molecular complexity index is 1690. The molecule has 1 aliphatic heterocycles. The van der Waals surface area contributed by atoms with Crippen molar-refractivity contribution in [3.63, 3.8) is 0 Å². The van der Waals surface area contributed by atoms with Gasteiger partial charge in [0, 0.05) is 24.3 Å². The Morgan fingerprint density at radius 1 is 1.20 bits per heavy atom. The number of nitrogens with zero attached hydrogens (tertiary/aromatic N) is 3. The summed E-state index contributed by atoms with van der Waals surface area (Å²) in [5, 5.41) is 0.130. The van der Waals surface area contributed by atoms with Gasteiger partial charge in [0.25, 0.3) is 5.56 Å². The van der Waals surface area contributed by atoms with Crippen LogP contribution in [0.3, 0.4) is 0 Å². The molecule has 0 bridgehead atoms. The maximum Gasteiger partial charge on any atom is 0.332 e. The van der Waals surface area contributed by atoms with E-state index in [2.05, 4.69) is 4.98 Å². The lowest BCUT2D eigenvalue weighted by Gasteiger charge is -2.30. The molecule has 0 aliphatic carbocycles. The molecule has 1 atom stereocenters. The molecule has 0 unspecified atom stereocenters. The van der Waals surface area contributed by atoms with E-state index in [0.717, 1.165) is 4.57 Å². The van der Waals surface area contributed by atoms with E-state index in [-0.39, 0.29) is 29.4 Å². The Balaban J connectivity index is 1.74. The van der Waals surface area contributed by atoms with Gasteiger partial charge in [0.05, 0.1) is 36.9 Å². The van der Waals surface area contributed by atoms with Crippen LogP contribution in [0.1, 0.15) is 38.4 Å². The molecule has 41 heavy (non-hydrogen) atoms. The van der Waals surface area contributed by atoms with Crippen molar-refractivity contribution in [2.45, 2.75) is 51.0 Å². The lowest BCUT2D eigenvalue weighted by Crippen LogP contribution is -2.54. The summed E-state index contributed by atoms with van der Waals surface area (Å²) in [7, 11) is 1.46. The monoisotopic (exact) mass is 566 g/mol. The predicted octanol–water partition coefficient (Wildman–Crippen LogP) is 3.12. The number of carbonyl (C=O) groups is 1.